The Labute approximate surface area is 120 Å². The van der Waals surface area contributed by atoms with Gasteiger partial charge in [-0.15, -0.1) is 21.5 Å². The van der Waals surface area contributed by atoms with Crippen molar-refractivity contribution in [3.05, 3.63) is 33.0 Å². The molecule has 1 amide bonds. The van der Waals surface area contributed by atoms with Crippen LogP contribution in [-0.2, 0) is 24.8 Å². The Morgan fingerprint density at radius 1 is 1.47 bits per heavy atom. The SMILES string of the molecule is Cc1nnc(CNC(=O)CCc2ccc(Cl)s2)n1C. The number of nitrogens with zero attached hydrogens (tertiary/aromatic N) is 3. The first-order valence-electron chi connectivity index (χ1n) is 5.92. The van der Waals surface area contributed by atoms with Gasteiger partial charge < -0.3 is 9.88 Å². The first kappa shape index (κ1) is 14.0. The summed E-state index contributed by atoms with van der Waals surface area (Å²) >= 11 is 7.35. The first-order valence-corrected chi connectivity index (χ1v) is 7.11. The molecule has 0 spiro atoms. The zero-order chi connectivity index (χ0) is 13.8. The number of hydrogen-bond acceptors (Lipinski definition) is 4. The Balaban J connectivity index is 1.77. The number of aromatic nitrogens is 3. The van der Waals surface area contributed by atoms with Crippen LogP contribution < -0.4 is 5.32 Å². The fraction of sp³-hybridized carbons (Fsp3) is 0.417. The van der Waals surface area contributed by atoms with Crippen molar-refractivity contribution >= 4 is 28.8 Å². The maximum Gasteiger partial charge on any atom is 0.220 e. The van der Waals surface area contributed by atoms with Gasteiger partial charge in [0.05, 0.1) is 10.9 Å². The van der Waals surface area contributed by atoms with E-state index >= 15 is 0 Å². The fourth-order valence-electron chi connectivity index (χ4n) is 1.59. The van der Waals surface area contributed by atoms with Gasteiger partial charge in [0.15, 0.2) is 5.82 Å². The standard InChI is InChI=1S/C12H15ClN4OS/c1-8-15-16-11(17(8)2)7-14-12(18)6-4-9-3-5-10(13)19-9/h3,5H,4,6-7H2,1-2H3,(H,14,18). The lowest BCUT2D eigenvalue weighted by molar-refractivity contribution is -0.121. The lowest BCUT2D eigenvalue weighted by atomic mass is 10.2. The number of halogens is 1. The van der Waals surface area contributed by atoms with E-state index in [2.05, 4.69) is 15.5 Å². The molecule has 2 rings (SSSR count). The van der Waals surface area contributed by atoms with Crippen LogP contribution in [0, 0.1) is 6.92 Å². The number of hydrogen-bond donors (Lipinski definition) is 1. The van der Waals surface area contributed by atoms with E-state index in [1.807, 2.05) is 30.7 Å². The molecule has 0 atom stereocenters. The molecular formula is C12H15ClN4OS. The Morgan fingerprint density at radius 2 is 2.26 bits per heavy atom. The summed E-state index contributed by atoms with van der Waals surface area (Å²) in [7, 11) is 1.88. The van der Waals surface area contributed by atoms with Gasteiger partial charge in [-0.25, -0.2) is 0 Å². The highest BCUT2D eigenvalue weighted by Gasteiger charge is 2.08. The van der Waals surface area contributed by atoms with Crippen molar-refractivity contribution < 1.29 is 4.79 Å². The predicted molar refractivity (Wildman–Crippen MR) is 75.2 cm³/mol. The number of aryl methyl sites for hydroxylation is 2. The summed E-state index contributed by atoms with van der Waals surface area (Å²) in [5.41, 5.74) is 0. The van der Waals surface area contributed by atoms with Gasteiger partial charge in [0.1, 0.15) is 5.82 Å². The Morgan fingerprint density at radius 3 is 2.84 bits per heavy atom. The van der Waals surface area contributed by atoms with E-state index in [1.165, 1.54) is 11.3 Å². The molecule has 0 aliphatic carbocycles. The minimum atomic E-state index is 0.00479. The maximum absolute atomic E-state index is 11.7. The fourth-order valence-corrected chi connectivity index (χ4v) is 2.68. The number of thiophene rings is 1. The van der Waals surface area contributed by atoms with E-state index in [0.717, 1.165) is 20.9 Å². The summed E-state index contributed by atoms with van der Waals surface area (Å²) in [6, 6.07) is 3.80. The summed E-state index contributed by atoms with van der Waals surface area (Å²) in [5, 5.41) is 10.8. The number of nitrogens with one attached hydrogen (secondary N) is 1. The zero-order valence-electron chi connectivity index (χ0n) is 10.8. The van der Waals surface area contributed by atoms with E-state index in [9.17, 15) is 4.79 Å². The van der Waals surface area contributed by atoms with Crippen molar-refractivity contribution in [1.29, 1.82) is 0 Å². The minimum absolute atomic E-state index is 0.00479. The van der Waals surface area contributed by atoms with Crippen LogP contribution in [0.2, 0.25) is 4.34 Å². The van der Waals surface area contributed by atoms with Crippen LogP contribution in [0.25, 0.3) is 0 Å². The first-order chi connectivity index (χ1) is 9.06. The molecule has 0 bridgehead atoms. The summed E-state index contributed by atoms with van der Waals surface area (Å²) < 4.78 is 2.62. The molecule has 102 valence electrons. The topological polar surface area (TPSA) is 59.8 Å². The van der Waals surface area contributed by atoms with E-state index in [1.54, 1.807) is 0 Å². The molecule has 2 aromatic heterocycles. The largest absolute Gasteiger partial charge is 0.349 e. The van der Waals surface area contributed by atoms with Crippen molar-refractivity contribution in [3.8, 4) is 0 Å². The molecule has 5 nitrogen and oxygen atoms in total. The van der Waals surface area contributed by atoms with Crippen molar-refractivity contribution in [3.63, 3.8) is 0 Å². The van der Waals surface area contributed by atoms with Crippen LogP contribution in [-0.4, -0.2) is 20.7 Å². The van der Waals surface area contributed by atoms with Crippen molar-refractivity contribution in [2.45, 2.75) is 26.3 Å². The highest BCUT2D eigenvalue weighted by molar-refractivity contribution is 7.16. The van der Waals surface area contributed by atoms with Gasteiger partial charge in [-0.3, -0.25) is 4.79 Å². The second kappa shape index (κ2) is 6.16. The van der Waals surface area contributed by atoms with Gasteiger partial charge in [0.2, 0.25) is 5.91 Å². The van der Waals surface area contributed by atoms with Crippen LogP contribution in [0.5, 0.6) is 0 Å². The summed E-state index contributed by atoms with van der Waals surface area (Å²) in [5.74, 6) is 1.59. The average molecular weight is 299 g/mol. The van der Waals surface area contributed by atoms with Gasteiger partial charge in [-0.05, 0) is 25.5 Å². The van der Waals surface area contributed by atoms with Crippen LogP contribution in [0.4, 0.5) is 0 Å². The number of amides is 1. The molecule has 0 fully saturated rings. The third-order valence-electron chi connectivity index (χ3n) is 2.85. The summed E-state index contributed by atoms with van der Waals surface area (Å²) in [4.78, 5) is 12.8. The number of carbonyl (C=O) groups is 1. The Bertz CT molecular complexity index is 578. The van der Waals surface area contributed by atoms with Crippen molar-refractivity contribution in [2.75, 3.05) is 0 Å². The van der Waals surface area contributed by atoms with Crippen LogP contribution in [0.15, 0.2) is 12.1 Å². The van der Waals surface area contributed by atoms with Gasteiger partial charge in [-0.1, -0.05) is 11.6 Å². The highest BCUT2D eigenvalue weighted by Crippen LogP contribution is 2.22. The smallest absolute Gasteiger partial charge is 0.220 e. The molecule has 2 aromatic rings. The van der Waals surface area contributed by atoms with Crippen LogP contribution >= 0.6 is 22.9 Å². The van der Waals surface area contributed by atoms with Gasteiger partial charge in [0, 0.05) is 18.3 Å². The molecule has 0 aromatic carbocycles. The third kappa shape index (κ3) is 3.78. The van der Waals surface area contributed by atoms with Gasteiger partial charge >= 0.3 is 0 Å². The molecule has 0 aliphatic heterocycles. The average Bonchev–Trinajstić information content (AvgIpc) is 2.93. The Kier molecular flexibility index (Phi) is 4.55. The van der Waals surface area contributed by atoms with E-state index < -0.39 is 0 Å². The second-order valence-electron chi connectivity index (χ2n) is 4.21. The lowest BCUT2D eigenvalue weighted by Crippen LogP contribution is -2.24. The molecule has 19 heavy (non-hydrogen) atoms. The van der Waals surface area contributed by atoms with Crippen molar-refractivity contribution in [1.82, 2.24) is 20.1 Å². The monoisotopic (exact) mass is 298 g/mol. The van der Waals surface area contributed by atoms with Gasteiger partial charge in [-0.2, -0.15) is 0 Å². The molecule has 1 N–H and O–H groups in total. The third-order valence-corrected chi connectivity index (χ3v) is 4.14. The molecule has 7 heteroatoms. The molecular weight excluding hydrogens is 284 g/mol. The highest BCUT2D eigenvalue weighted by atomic mass is 35.5. The van der Waals surface area contributed by atoms with Crippen LogP contribution in [0.3, 0.4) is 0 Å². The molecule has 0 unspecified atom stereocenters. The molecule has 0 saturated carbocycles. The lowest BCUT2D eigenvalue weighted by Gasteiger charge is -2.04. The Hall–Kier alpha value is -1.40. The summed E-state index contributed by atoms with van der Waals surface area (Å²) in [6.45, 7) is 2.28. The molecule has 0 saturated heterocycles. The van der Waals surface area contributed by atoms with E-state index in [0.29, 0.717) is 19.4 Å². The van der Waals surface area contributed by atoms with Crippen molar-refractivity contribution in [2.24, 2.45) is 7.05 Å². The predicted octanol–water partition coefficient (Wildman–Crippen LogP) is 2.09. The molecule has 0 radical (unpaired) electrons. The molecule has 2 heterocycles. The number of rotatable bonds is 5. The van der Waals surface area contributed by atoms with E-state index in [-0.39, 0.29) is 5.91 Å². The minimum Gasteiger partial charge on any atom is -0.349 e. The number of carbonyl (C=O) groups excluding carboxylic acids is 1. The normalized spacial score (nSPS) is 10.7. The second-order valence-corrected chi connectivity index (χ2v) is 6.00. The quantitative estimate of drug-likeness (QED) is 0.919. The maximum atomic E-state index is 11.7. The molecule has 0 aliphatic rings. The zero-order valence-corrected chi connectivity index (χ0v) is 12.4. The van der Waals surface area contributed by atoms with Crippen LogP contribution in [0.1, 0.15) is 22.9 Å². The summed E-state index contributed by atoms with van der Waals surface area (Å²) in [6.07, 6.45) is 1.16. The van der Waals surface area contributed by atoms with E-state index in [4.69, 9.17) is 11.6 Å². The van der Waals surface area contributed by atoms with Gasteiger partial charge in [0.25, 0.3) is 0 Å².